The van der Waals surface area contributed by atoms with E-state index in [4.69, 9.17) is 11.6 Å². The molecule has 1 saturated heterocycles. The van der Waals surface area contributed by atoms with Crippen LogP contribution in [0.3, 0.4) is 0 Å². The molecule has 46 heavy (non-hydrogen) atoms. The summed E-state index contributed by atoms with van der Waals surface area (Å²) in [6.45, 7) is 1.07. The molecule has 244 valence electrons. The topological polar surface area (TPSA) is 105 Å². The van der Waals surface area contributed by atoms with Gasteiger partial charge < -0.3 is 15.0 Å². The van der Waals surface area contributed by atoms with Gasteiger partial charge in [-0.2, -0.15) is 4.31 Å². The first kappa shape index (κ1) is 33.3. The van der Waals surface area contributed by atoms with E-state index in [2.05, 4.69) is 20.0 Å². The monoisotopic (exact) mass is 683 g/mol. The summed E-state index contributed by atoms with van der Waals surface area (Å²) < 4.78 is 98.2. The summed E-state index contributed by atoms with van der Waals surface area (Å²) in [4.78, 5) is 23.9. The van der Waals surface area contributed by atoms with Crippen LogP contribution in [0, 0.1) is 0 Å². The van der Waals surface area contributed by atoms with Gasteiger partial charge in [-0.15, -0.1) is 13.2 Å². The summed E-state index contributed by atoms with van der Waals surface area (Å²) in [5, 5.41) is 3.15. The molecule has 0 aliphatic carbocycles. The van der Waals surface area contributed by atoms with Crippen LogP contribution in [-0.2, 0) is 27.3 Å². The molecule has 3 aromatic carbocycles. The molecule has 4 aromatic rings. The van der Waals surface area contributed by atoms with Gasteiger partial charge >= 0.3 is 6.36 Å². The second-order valence-electron chi connectivity index (χ2n) is 10.4. The Morgan fingerprint density at radius 2 is 1.70 bits per heavy atom. The molecule has 1 amide bonds. The zero-order chi connectivity index (χ0) is 33.3. The van der Waals surface area contributed by atoms with E-state index in [1.165, 1.54) is 37.4 Å². The van der Waals surface area contributed by atoms with E-state index >= 15 is 0 Å². The van der Waals surface area contributed by atoms with Crippen LogP contribution in [0.25, 0.3) is 11.0 Å². The third-order valence-electron chi connectivity index (χ3n) is 7.40. The average Bonchev–Trinajstić information content (AvgIpc) is 3.02. The zero-order valence-electron chi connectivity index (χ0n) is 24.1. The van der Waals surface area contributed by atoms with Crippen LogP contribution >= 0.6 is 11.6 Å². The third-order valence-corrected chi connectivity index (χ3v) is 9.56. The van der Waals surface area contributed by atoms with E-state index in [9.17, 15) is 35.2 Å². The Bertz CT molecular complexity index is 1830. The Balaban J connectivity index is 1.40. The largest absolute Gasteiger partial charge is 0.573 e. The van der Waals surface area contributed by atoms with Crippen LogP contribution in [0.4, 0.5) is 27.8 Å². The molecular formula is C30H27ClF5N5O4S. The molecule has 1 aliphatic rings. The van der Waals surface area contributed by atoms with Crippen LogP contribution in [0.5, 0.6) is 5.75 Å². The first-order chi connectivity index (χ1) is 21.7. The van der Waals surface area contributed by atoms with Crippen molar-refractivity contribution in [3.05, 3.63) is 89.1 Å². The number of fused-ring (bicyclic) bond motifs is 1. The molecule has 1 fully saturated rings. The molecule has 0 spiro atoms. The molecule has 1 N–H and O–H groups in total. The minimum absolute atomic E-state index is 0.0821. The van der Waals surface area contributed by atoms with Crippen molar-refractivity contribution in [3.63, 3.8) is 0 Å². The maximum absolute atomic E-state index is 14.0. The van der Waals surface area contributed by atoms with Gasteiger partial charge in [0.05, 0.1) is 22.1 Å². The number of benzene rings is 3. The molecule has 1 aromatic heterocycles. The standard InChI is InChI=1S/C30H27ClF5N5O4S/c1-2-29(32,33)20-5-3-19(4-6-20)16-38-28(42)26-18-40(27-17-37-25-15-21(31)7-12-24(25)39-27)13-14-41(26)46(43,44)23-10-8-22(9-11-23)45-30(34,35)36/h3-12,15,17,26H,2,13-14,16,18H2,1H3,(H,38,42)/t26-/m1/s1. The van der Waals surface area contributed by atoms with Crippen molar-refractivity contribution in [1.82, 2.24) is 19.6 Å². The van der Waals surface area contributed by atoms with E-state index in [1.54, 1.807) is 23.1 Å². The lowest BCUT2D eigenvalue weighted by Crippen LogP contribution is -2.60. The molecule has 0 radical (unpaired) electrons. The number of ether oxygens (including phenoxy) is 1. The first-order valence-corrected chi connectivity index (χ1v) is 15.8. The summed E-state index contributed by atoms with van der Waals surface area (Å²) in [5.41, 5.74) is 1.39. The number of carbonyl (C=O) groups is 1. The number of carbonyl (C=O) groups excluding carboxylic acids is 1. The highest BCUT2D eigenvalue weighted by atomic mass is 35.5. The quantitative estimate of drug-likeness (QED) is 0.220. The lowest BCUT2D eigenvalue weighted by atomic mass is 10.0. The van der Waals surface area contributed by atoms with Gasteiger partial charge in [0, 0.05) is 43.2 Å². The predicted molar refractivity (Wildman–Crippen MR) is 160 cm³/mol. The van der Waals surface area contributed by atoms with Crippen molar-refractivity contribution < 1.29 is 39.9 Å². The fourth-order valence-corrected chi connectivity index (χ4v) is 6.66. The second kappa shape index (κ2) is 13.0. The molecule has 1 atom stereocenters. The van der Waals surface area contributed by atoms with Crippen molar-refractivity contribution >= 4 is 44.4 Å². The highest BCUT2D eigenvalue weighted by Gasteiger charge is 2.41. The fourth-order valence-electron chi connectivity index (χ4n) is 4.93. The van der Waals surface area contributed by atoms with Gasteiger partial charge in [-0.1, -0.05) is 42.8 Å². The number of nitrogens with zero attached hydrogens (tertiary/aromatic N) is 4. The molecular weight excluding hydrogens is 657 g/mol. The van der Waals surface area contributed by atoms with E-state index in [0.29, 0.717) is 27.4 Å². The molecule has 1 aliphatic heterocycles. The highest BCUT2D eigenvalue weighted by Crippen LogP contribution is 2.32. The second-order valence-corrected chi connectivity index (χ2v) is 12.8. The molecule has 0 saturated carbocycles. The number of rotatable bonds is 9. The molecule has 5 rings (SSSR count). The lowest BCUT2D eigenvalue weighted by molar-refractivity contribution is -0.274. The van der Waals surface area contributed by atoms with Gasteiger partial charge in [0.25, 0.3) is 5.92 Å². The minimum atomic E-state index is -4.96. The molecule has 16 heteroatoms. The van der Waals surface area contributed by atoms with Gasteiger partial charge in [0.15, 0.2) is 0 Å². The number of nitrogens with one attached hydrogen (secondary N) is 1. The number of hydrogen-bond acceptors (Lipinski definition) is 7. The van der Waals surface area contributed by atoms with Gasteiger partial charge in [0.1, 0.15) is 17.6 Å². The number of anilines is 1. The van der Waals surface area contributed by atoms with E-state index < -0.39 is 40.0 Å². The Morgan fingerprint density at radius 1 is 1.00 bits per heavy atom. The summed E-state index contributed by atoms with van der Waals surface area (Å²) in [7, 11) is -4.39. The van der Waals surface area contributed by atoms with Crippen molar-refractivity contribution in [1.29, 1.82) is 0 Å². The van der Waals surface area contributed by atoms with Gasteiger partial charge in [-0.05, 0) is 48.0 Å². The van der Waals surface area contributed by atoms with E-state index in [0.717, 1.165) is 28.6 Å². The fraction of sp³-hybridized carbons (Fsp3) is 0.300. The smallest absolute Gasteiger partial charge is 0.406 e. The summed E-state index contributed by atoms with van der Waals surface area (Å²) in [6.07, 6.45) is -3.86. The Kier molecular flexibility index (Phi) is 9.38. The maximum Gasteiger partial charge on any atom is 0.573 e. The predicted octanol–water partition coefficient (Wildman–Crippen LogP) is 5.88. The van der Waals surface area contributed by atoms with Crippen LogP contribution in [0.15, 0.2) is 77.8 Å². The average molecular weight is 684 g/mol. The Morgan fingerprint density at radius 3 is 2.35 bits per heavy atom. The minimum Gasteiger partial charge on any atom is -0.406 e. The number of halogens is 6. The van der Waals surface area contributed by atoms with Crippen molar-refractivity contribution in [2.45, 2.75) is 43.1 Å². The number of alkyl halides is 5. The Hall–Kier alpha value is -4.08. The van der Waals surface area contributed by atoms with Gasteiger partial charge in [-0.3, -0.25) is 9.78 Å². The van der Waals surface area contributed by atoms with Crippen LogP contribution in [-0.4, -0.2) is 60.6 Å². The maximum atomic E-state index is 14.0. The first-order valence-electron chi connectivity index (χ1n) is 14.0. The molecule has 9 nitrogen and oxygen atoms in total. The normalized spacial score (nSPS) is 16.4. The molecule has 2 heterocycles. The van der Waals surface area contributed by atoms with E-state index in [1.807, 2.05) is 0 Å². The summed E-state index contributed by atoms with van der Waals surface area (Å²) in [6, 6.07) is 12.7. The number of hydrogen-bond donors (Lipinski definition) is 1. The van der Waals surface area contributed by atoms with Crippen molar-refractivity contribution in [2.75, 3.05) is 24.5 Å². The number of amides is 1. The molecule has 0 bridgehead atoms. The van der Waals surface area contributed by atoms with Crippen molar-refractivity contribution in [3.8, 4) is 5.75 Å². The number of sulfonamides is 1. The van der Waals surface area contributed by atoms with Gasteiger partial charge in [0.2, 0.25) is 15.9 Å². The van der Waals surface area contributed by atoms with Crippen molar-refractivity contribution in [2.24, 2.45) is 0 Å². The van der Waals surface area contributed by atoms with Gasteiger partial charge in [-0.25, -0.2) is 22.2 Å². The zero-order valence-corrected chi connectivity index (χ0v) is 25.7. The number of aromatic nitrogens is 2. The lowest BCUT2D eigenvalue weighted by Gasteiger charge is -2.40. The summed E-state index contributed by atoms with van der Waals surface area (Å²) >= 11 is 6.04. The SMILES string of the molecule is CCC(F)(F)c1ccc(CNC(=O)[C@H]2CN(c3cnc4cc(Cl)ccc4n3)CCN2S(=O)(=O)c2ccc(OC(F)(F)F)cc2)cc1. The highest BCUT2D eigenvalue weighted by molar-refractivity contribution is 7.89. The van der Waals surface area contributed by atoms with Crippen LogP contribution in [0.1, 0.15) is 24.5 Å². The number of piperazine rings is 1. The Labute approximate surface area is 266 Å². The van der Waals surface area contributed by atoms with E-state index in [-0.39, 0.29) is 43.1 Å². The molecule has 0 unspecified atom stereocenters. The van der Waals surface area contributed by atoms with Crippen LogP contribution in [0.2, 0.25) is 5.02 Å². The summed E-state index contributed by atoms with van der Waals surface area (Å²) in [5.74, 6) is -3.92. The van der Waals surface area contributed by atoms with Crippen LogP contribution < -0.4 is 15.0 Å². The third kappa shape index (κ3) is 7.48.